The summed E-state index contributed by atoms with van der Waals surface area (Å²) in [5.74, 6) is -0.452. The third-order valence-corrected chi connectivity index (χ3v) is 6.16. The van der Waals surface area contributed by atoms with Crippen molar-refractivity contribution in [3.63, 3.8) is 0 Å². The first-order valence-electron chi connectivity index (χ1n) is 9.84. The number of nitriles is 1. The predicted molar refractivity (Wildman–Crippen MR) is 114 cm³/mol. The van der Waals surface area contributed by atoms with Crippen LogP contribution in [0.25, 0.3) is 11.8 Å². The van der Waals surface area contributed by atoms with E-state index in [2.05, 4.69) is 15.5 Å². The zero-order valence-electron chi connectivity index (χ0n) is 16.2. The monoisotopic (exact) mass is 421 g/mol. The van der Waals surface area contributed by atoms with Gasteiger partial charge in [-0.05, 0) is 55.3 Å². The molecule has 1 aliphatic carbocycles. The molecule has 2 heterocycles. The van der Waals surface area contributed by atoms with Crippen LogP contribution in [0.1, 0.15) is 48.7 Å². The van der Waals surface area contributed by atoms with Crippen molar-refractivity contribution < 1.29 is 9.18 Å². The van der Waals surface area contributed by atoms with Crippen LogP contribution in [0.3, 0.4) is 0 Å². The number of carbonyl (C=O) groups excluding carboxylic acids is 1. The van der Waals surface area contributed by atoms with E-state index in [9.17, 15) is 14.4 Å². The molecular weight excluding hydrogens is 401 g/mol. The summed E-state index contributed by atoms with van der Waals surface area (Å²) >= 11 is 1.37. The number of hydrogen-bond donors (Lipinski definition) is 1. The van der Waals surface area contributed by atoms with Crippen molar-refractivity contribution in [3.8, 4) is 11.8 Å². The topological polar surface area (TPSA) is 83.6 Å². The highest BCUT2D eigenvalue weighted by molar-refractivity contribution is 7.15. The fraction of sp³-hybridized carbons (Fsp3) is 0.273. The van der Waals surface area contributed by atoms with E-state index in [-0.39, 0.29) is 11.4 Å². The molecule has 1 aliphatic rings. The number of nitrogens with zero attached hydrogens (tertiary/aromatic N) is 4. The van der Waals surface area contributed by atoms with Gasteiger partial charge in [0.25, 0.3) is 5.91 Å². The summed E-state index contributed by atoms with van der Waals surface area (Å²) in [7, 11) is 0. The zero-order chi connectivity index (χ0) is 20.9. The second-order valence-corrected chi connectivity index (χ2v) is 8.19. The van der Waals surface area contributed by atoms with Gasteiger partial charge in [0.2, 0.25) is 5.13 Å². The first-order chi connectivity index (χ1) is 14.6. The number of nitrogens with one attached hydrogen (secondary N) is 1. The van der Waals surface area contributed by atoms with Crippen molar-refractivity contribution in [1.82, 2.24) is 14.8 Å². The summed E-state index contributed by atoms with van der Waals surface area (Å²) in [5, 5.41) is 21.8. The Bertz CT molecular complexity index is 1100. The molecule has 0 spiro atoms. The minimum absolute atomic E-state index is 0.0496. The molecule has 0 unspecified atom stereocenters. The Morgan fingerprint density at radius 1 is 1.20 bits per heavy atom. The number of amides is 1. The number of aromatic nitrogens is 3. The predicted octanol–water partition coefficient (Wildman–Crippen LogP) is 5.06. The van der Waals surface area contributed by atoms with E-state index >= 15 is 0 Å². The molecule has 0 aliphatic heterocycles. The van der Waals surface area contributed by atoms with Crippen molar-refractivity contribution in [2.24, 2.45) is 0 Å². The Balaban J connectivity index is 1.51. The Morgan fingerprint density at radius 3 is 2.70 bits per heavy atom. The van der Waals surface area contributed by atoms with Crippen LogP contribution in [-0.4, -0.2) is 20.7 Å². The summed E-state index contributed by atoms with van der Waals surface area (Å²) in [4.78, 5) is 12.6. The zero-order valence-corrected chi connectivity index (χ0v) is 17.0. The lowest BCUT2D eigenvalue weighted by atomic mass is 9.90. The van der Waals surface area contributed by atoms with Gasteiger partial charge in [-0.15, -0.1) is 10.2 Å². The maximum absolute atomic E-state index is 13.2. The lowest BCUT2D eigenvalue weighted by Crippen LogP contribution is -2.13. The molecule has 1 saturated carbocycles. The molecule has 6 nitrogen and oxygen atoms in total. The van der Waals surface area contributed by atoms with Crippen LogP contribution in [0.2, 0.25) is 0 Å². The van der Waals surface area contributed by atoms with E-state index in [0.717, 1.165) is 23.5 Å². The van der Waals surface area contributed by atoms with Crippen molar-refractivity contribution in [1.29, 1.82) is 5.26 Å². The SMILES string of the molecule is N#C/C(=C/c1cccn1-c1ccc(F)cc1)C(=O)Nc1nnc(C2CCCCC2)s1. The average Bonchev–Trinajstić information content (AvgIpc) is 3.43. The van der Waals surface area contributed by atoms with E-state index in [1.165, 1.54) is 48.8 Å². The Hall–Kier alpha value is -3.31. The van der Waals surface area contributed by atoms with E-state index in [1.54, 1.807) is 35.0 Å². The van der Waals surface area contributed by atoms with E-state index < -0.39 is 5.91 Å². The molecule has 0 atom stereocenters. The van der Waals surface area contributed by atoms with Crippen LogP contribution in [0.5, 0.6) is 0 Å². The van der Waals surface area contributed by atoms with Gasteiger partial charge >= 0.3 is 0 Å². The second kappa shape index (κ2) is 9.01. The maximum Gasteiger partial charge on any atom is 0.268 e. The van der Waals surface area contributed by atoms with E-state index in [0.29, 0.717) is 16.7 Å². The van der Waals surface area contributed by atoms with Crippen molar-refractivity contribution >= 4 is 28.5 Å². The lowest BCUT2D eigenvalue weighted by Gasteiger charge is -2.18. The van der Waals surface area contributed by atoms with Gasteiger partial charge in [0.15, 0.2) is 0 Å². The smallest absolute Gasteiger partial charge is 0.268 e. The van der Waals surface area contributed by atoms with Gasteiger partial charge in [-0.25, -0.2) is 4.39 Å². The summed E-state index contributed by atoms with van der Waals surface area (Å²) in [5.41, 5.74) is 1.31. The van der Waals surface area contributed by atoms with E-state index in [1.807, 2.05) is 6.07 Å². The number of benzene rings is 1. The van der Waals surface area contributed by atoms with Gasteiger partial charge in [0.05, 0.1) is 0 Å². The molecule has 30 heavy (non-hydrogen) atoms. The van der Waals surface area contributed by atoms with E-state index in [4.69, 9.17) is 0 Å². The highest BCUT2D eigenvalue weighted by atomic mass is 32.1. The molecule has 8 heteroatoms. The number of halogens is 1. The fourth-order valence-corrected chi connectivity index (χ4v) is 4.52. The van der Waals surface area contributed by atoms with Crippen LogP contribution in [-0.2, 0) is 4.79 Å². The Kier molecular flexibility index (Phi) is 6.00. The first-order valence-corrected chi connectivity index (χ1v) is 10.7. The van der Waals surface area contributed by atoms with Gasteiger partial charge in [0, 0.05) is 23.5 Å². The van der Waals surface area contributed by atoms with Crippen molar-refractivity contribution in [2.45, 2.75) is 38.0 Å². The van der Waals surface area contributed by atoms with Crippen LogP contribution >= 0.6 is 11.3 Å². The molecule has 3 aromatic rings. The minimum Gasteiger partial charge on any atom is -0.317 e. The Labute approximate surface area is 177 Å². The first kappa shape index (κ1) is 20.0. The highest BCUT2D eigenvalue weighted by Gasteiger charge is 2.21. The standard InChI is InChI=1S/C22H20FN5OS/c23-17-8-10-18(11-9-17)28-12-4-7-19(28)13-16(14-24)20(29)25-22-27-26-21(30-22)15-5-2-1-3-6-15/h4,7-13,15H,1-3,5-6H2,(H,25,27,29)/b16-13-. The Morgan fingerprint density at radius 2 is 1.97 bits per heavy atom. The minimum atomic E-state index is -0.532. The van der Waals surface area contributed by atoms with Gasteiger partial charge in [-0.2, -0.15) is 5.26 Å². The van der Waals surface area contributed by atoms with Crippen LogP contribution in [0.15, 0.2) is 48.2 Å². The van der Waals surface area contributed by atoms with Crippen LogP contribution < -0.4 is 5.32 Å². The quantitative estimate of drug-likeness (QED) is 0.461. The van der Waals surface area contributed by atoms with Crippen LogP contribution in [0.4, 0.5) is 9.52 Å². The van der Waals surface area contributed by atoms with Crippen molar-refractivity contribution in [3.05, 3.63) is 64.7 Å². The molecule has 1 N–H and O–H groups in total. The molecule has 1 amide bonds. The summed E-state index contributed by atoms with van der Waals surface area (Å²) in [6, 6.07) is 11.5. The molecule has 0 saturated heterocycles. The van der Waals surface area contributed by atoms with Crippen LogP contribution in [0, 0.1) is 17.1 Å². The van der Waals surface area contributed by atoms with Gasteiger partial charge in [-0.3, -0.25) is 10.1 Å². The molecule has 152 valence electrons. The fourth-order valence-electron chi connectivity index (χ4n) is 3.61. The van der Waals surface area contributed by atoms with Gasteiger partial charge in [0.1, 0.15) is 22.5 Å². The molecular formula is C22H20FN5OS. The highest BCUT2D eigenvalue weighted by Crippen LogP contribution is 2.35. The maximum atomic E-state index is 13.2. The summed E-state index contributed by atoms with van der Waals surface area (Å²) < 4.78 is 15.0. The molecule has 0 radical (unpaired) electrons. The normalized spacial score (nSPS) is 15.0. The third-order valence-electron chi connectivity index (χ3n) is 5.16. The summed E-state index contributed by atoms with van der Waals surface area (Å²) in [6.07, 6.45) is 9.14. The average molecular weight is 422 g/mol. The van der Waals surface area contributed by atoms with Crippen molar-refractivity contribution in [2.75, 3.05) is 5.32 Å². The molecule has 4 rings (SSSR count). The number of anilines is 1. The summed E-state index contributed by atoms with van der Waals surface area (Å²) in [6.45, 7) is 0. The molecule has 2 aromatic heterocycles. The molecule has 0 bridgehead atoms. The molecule has 1 aromatic carbocycles. The number of rotatable bonds is 5. The third kappa shape index (κ3) is 4.47. The largest absolute Gasteiger partial charge is 0.317 e. The second-order valence-electron chi connectivity index (χ2n) is 7.18. The number of hydrogen-bond acceptors (Lipinski definition) is 5. The molecule has 1 fully saturated rings. The van der Waals surface area contributed by atoms with Gasteiger partial charge < -0.3 is 4.57 Å². The lowest BCUT2D eigenvalue weighted by molar-refractivity contribution is -0.112. The van der Waals surface area contributed by atoms with Gasteiger partial charge in [-0.1, -0.05) is 30.6 Å². The number of carbonyl (C=O) groups is 1.